The van der Waals surface area contributed by atoms with Crippen molar-refractivity contribution in [2.75, 3.05) is 0 Å². The zero-order chi connectivity index (χ0) is 16.8. The highest BCUT2D eigenvalue weighted by Crippen LogP contribution is 2.42. The lowest BCUT2D eigenvalue weighted by atomic mass is 9.83. The van der Waals surface area contributed by atoms with Crippen molar-refractivity contribution in [2.45, 2.75) is 51.5 Å². The lowest BCUT2D eigenvalue weighted by Gasteiger charge is -2.34. The molecule has 1 fully saturated rings. The molecule has 1 atom stereocenters. The first kappa shape index (κ1) is 17.5. The van der Waals surface area contributed by atoms with Gasteiger partial charge in [-0.1, -0.05) is 62.6 Å². The fourth-order valence-corrected chi connectivity index (χ4v) is 6.51. The summed E-state index contributed by atoms with van der Waals surface area (Å²) in [6.07, 6.45) is 7.51. The highest BCUT2D eigenvalue weighted by molar-refractivity contribution is 7.76. The zero-order valence-electron chi connectivity index (χ0n) is 14.5. The molecule has 0 aromatic heterocycles. The molecule has 1 aliphatic carbocycles. The third-order valence-electron chi connectivity index (χ3n) is 5.25. The highest BCUT2D eigenvalue weighted by atomic mass is 31.2. The van der Waals surface area contributed by atoms with Gasteiger partial charge in [0.25, 0.3) is 0 Å². The summed E-state index contributed by atoms with van der Waals surface area (Å²) in [6.45, 7) is 2.21. The molecule has 2 aromatic carbocycles. The number of rotatable bonds is 6. The molecule has 1 aliphatic rings. The summed E-state index contributed by atoms with van der Waals surface area (Å²) >= 11 is 0. The quantitative estimate of drug-likeness (QED) is 0.760. The van der Waals surface area contributed by atoms with Crippen molar-refractivity contribution in [2.24, 2.45) is 5.92 Å². The van der Waals surface area contributed by atoms with E-state index in [2.05, 4.69) is 12.0 Å². The van der Waals surface area contributed by atoms with Crippen molar-refractivity contribution in [3.63, 3.8) is 0 Å². The Morgan fingerprint density at radius 2 is 1.42 bits per heavy atom. The van der Waals surface area contributed by atoms with E-state index < -0.39 is 7.29 Å². The van der Waals surface area contributed by atoms with Crippen molar-refractivity contribution >= 4 is 17.9 Å². The van der Waals surface area contributed by atoms with Gasteiger partial charge in [-0.05, 0) is 49.4 Å². The number of hydrogen-bond donors (Lipinski definition) is 1. The maximum atomic E-state index is 14.1. The first-order valence-corrected chi connectivity index (χ1v) is 10.9. The molecule has 1 saturated carbocycles. The van der Waals surface area contributed by atoms with Crippen molar-refractivity contribution in [3.05, 3.63) is 60.7 Å². The van der Waals surface area contributed by atoms with Gasteiger partial charge in [-0.3, -0.25) is 9.65 Å². The first-order valence-electron chi connectivity index (χ1n) is 9.23. The van der Waals surface area contributed by atoms with Crippen molar-refractivity contribution in [1.82, 2.24) is 5.09 Å². The summed E-state index contributed by atoms with van der Waals surface area (Å²) < 4.78 is 14.1. The van der Waals surface area contributed by atoms with Crippen LogP contribution in [0, 0.1) is 5.92 Å². The molecule has 3 heteroatoms. The van der Waals surface area contributed by atoms with Crippen LogP contribution in [0.2, 0.25) is 0 Å². The second-order valence-corrected chi connectivity index (χ2v) is 9.33. The van der Waals surface area contributed by atoms with Crippen LogP contribution in [0.15, 0.2) is 60.7 Å². The van der Waals surface area contributed by atoms with E-state index in [9.17, 15) is 4.57 Å². The van der Waals surface area contributed by atoms with Gasteiger partial charge in [0.05, 0.1) is 0 Å². The van der Waals surface area contributed by atoms with Gasteiger partial charge < -0.3 is 0 Å². The van der Waals surface area contributed by atoms with E-state index in [4.69, 9.17) is 0 Å². The summed E-state index contributed by atoms with van der Waals surface area (Å²) in [4.78, 5) is 0. The minimum absolute atomic E-state index is 0.316. The van der Waals surface area contributed by atoms with Crippen LogP contribution in [0.4, 0.5) is 0 Å². The Morgan fingerprint density at radius 1 is 0.917 bits per heavy atom. The molecule has 0 radical (unpaired) electrons. The van der Waals surface area contributed by atoms with Crippen LogP contribution in [0.25, 0.3) is 0 Å². The average Bonchev–Trinajstić information content (AvgIpc) is 2.68. The molecule has 0 bridgehead atoms. The van der Waals surface area contributed by atoms with Crippen molar-refractivity contribution in [3.8, 4) is 0 Å². The second-order valence-electron chi connectivity index (χ2n) is 6.82. The number of nitrogens with one attached hydrogen (secondary N) is 1. The molecule has 2 aromatic rings. The van der Waals surface area contributed by atoms with Gasteiger partial charge in [0, 0.05) is 16.7 Å². The van der Waals surface area contributed by atoms with E-state index in [1.54, 1.807) is 0 Å². The van der Waals surface area contributed by atoms with E-state index in [-0.39, 0.29) is 0 Å². The fraction of sp³-hybridized carbons (Fsp3) is 0.429. The van der Waals surface area contributed by atoms with Gasteiger partial charge in [-0.2, -0.15) is 0 Å². The van der Waals surface area contributed by atoms with Gasteiger partial charge in [0.1, 0.15) is 0 Å². The largest absolute Gasteiger partial charge is 0.297 e. The van der Waals surface area contributed by atoms with Crippen LogP contribution >= 0.6 is 7.29 Å². The normalized spacial score (nSPS) is 17.5. The molecular formula is C21H28NOP. The van der Waals surface area contributed by atoms with Gasteiger partial charge in [-0.15, -0.1) is 0 Å². The maximum Gasteiger partial charge on any atom is 0.204 e. The predicted molar refractivity (Wildman–Crippen MR) is 104 cm³/mol. The van der Waals surface area contributed by atoms with Crippen LogP contribution in [0.5, 0.6) is 0 Å². The molecule has 2 nitrogen and oxygen atoms in total. The van der Waals surface area contributed by atoms with Crippen molar-refractivity contribution in [1.29, 1.82) is 0 Å². The van der Waals surface area contributed by atoms with Crippen LogP contribution in [-0.4, -0.2) is 6.04 Å². The summed E-state index contributed by atoms with van der Waals surface area (Å²) in [5.41, 5.74) is 0. The SMILES string of the molecule is CC[C@@H](NP(=O)(c1ccccc1)c1ccccc1)C1CCCCC1. The number of hydrogen-bond acceptors (Lipinski definition) is 1. The Bertz CT molecular complexity index is 621. The molecule has 0 unspecified atom stereocenters. The Hall–Kier alpha value is -1.37. The van der Waals surface area contributed by atoms with E-state index in [0.29, 0.717) is 12.0 Å². The second kappa shape index (κ2) is 8.14. The molecular weight excluding hydrogens is 313 g/mol. The van der Waals surface area contributed by atoms with Crippen molar-refractivity contribution < 1.29 is 4.57 Å². The molecule has 0 aliphatic heterocycles. The summed E-state index contributed by atoms with van der Waals surface area (Å²) in [5, 5.41) is 5.45. The molecule has 24 heavy (non-hydrogen) atoms. The van der Waals surface area contributed by atoms with E-state index in [0.717, 1.165) is 17.0 Å². The topological polar surface area (TPSA) is 29.1 Å². The van der Waals surface area contributed by atoms with Gasteiger partial charge in [-0.25, -0.2) is 0 Å². The van der Waals surface area contributed by atoms with Crippen LogP contribution in [0.1, 0.15) is 45.4 Å². The monoisotopic (exact) mass is 341 g/mol. The third-order valence-corrected chi connectivity index (χ3v) is 7.99. The molecule has 0 saturated heterocycles. The summed E-state index contributed by atoms with van der Waals surface area (Å²) in [7, 11) is -2.81. The molecule has 0 heterocycles. The Kier molecular flexibility index (Phi) is 5.92. The molecule has 0 spiro atoms. The van der Waals surface area contributed by atoms with Gasteiger partial charge in [0.2, 0.25) is 7.29 Å². The smallest absolute Gasteiger partial charge is 0.204 e. The van der Waals surface area contributed by atoms with Gasteiger partial charge >= 0.3 is 0 Å². The first-order chi connectivity index (χ1) is 11.7. The minimum Gasteiger partial charge on any atom is -0.297 e. The maximum absolute atomic E-state index is 14.1. The zero-order valence-corrected chi connectivity index (χ0v) is 15.4. The van der Waals surface area contributed by atoms with E-state index in [1.165, 1.54) is 32.1 Å². The van der Waals surface area contributed by atoms with E-state index in [1.807, 2.05) is 60.7 Å². The Balaban J connectivity index is 1.94. The predicted octanol–water partition coefficient (Wildman–Crippen LogP) is 4.86. The molecule has 1 N–H and O–H groups in total. The summed E-state index contributed by atoms with van der Waals surface area (Å²) in [5.74, 6) is 0.643. The fourth-order valence-electron chi connectivity index (χ4n) is 3.87. The van der Waals surface area contributed by atoms with E-state index >= 15 is 0 Å². The third kappa shape index (κ3) is 3.82. The average molecular weight is 341 g/mol. The highest BCUT2D eigenvalue weighted by Gasteiger charge is 2.32. The Morgan fingerprint density at radius 3 is 1.88 bits per heavy atom. The van der Waals surface area contributed by atoms with Gasteiger partial charge in [0.15, 0.2) is 0 Å². The molecule has 3 rings (SSSR count). The van der Waals surface area contributed by atoms with Crippen LogP contribution < -0.4 is 15.7 Å². The molecule has 0 amide bonds. The summed E-state index contributed by atoms with van der Waals surface area (Å²) in [6, 6.07) is 20.2. The minimum atomic E-state index is -2.81. The Labute approximate surface area is 146 Å². The van der Waals surface area contributed by atoms with Crippen LogP contribution in [-0.2, 0) is 4.57 Å². The number of benzene rings is 2. The molecule has 128 valence electrons. The standard InChI is InChI=1S/C21H28NOP/c1-2-21(18-12-6-3-7-13-18)22-24(23,19-14-8-4-9-15-19)20-16-10-5-11-17-20/h4-5,8-11,14-18,21H,2-3,6-7,12-13H2,1H3,(H,22,23)/t21-/m1/s1. The lowest BCUT2D eigenvalue weighted by molar-refractivity contribution is 0.286. The lowest BCUT2D eigenvalue weighted by Crippen LogP contribution is -2.40. The van der Waals surface area contributed by atoms with Crippen LogP contribution in [0.3, 0.4) is 0 Å².